The average Bonchev–Trinajstić information content (AvgIpc) is 2.82. The monoisotopic (exact) mass is 318 g/mol. The van der Waals surface area contributed by atoms with Crippen LogP contribution in [-0.4, -0.2) is 34.8 Å². The molecule has 0 N–H and O–H groups in total. The SMILES string of the molecule is COCCCn1c(C)cc(C(=O)CSc2ccccn2)c1C. The standard InChI is InChI=1S/C17H22N2O2S/c1-13-11-15(14(2)19(13)9-6-10-21-3)16(20)12-22-17-7-4-5-8-18-17/h4-5,7-8,11H,6,9-10,12H2,1-3H3. The van der Waals surface area contributed by atoms with Crippen molar-refractivity contribution in [2.24, 2.45) is 0 Å². The summed E-state index contributed by atoms with van der Waals surface area (Å²) in [6, 6.07) is 7.72. The predicted octanol–water partition coefficient (Wildman–Crippen LogP) is 3.51. The Balaban J connectivity index is 2.02. The van der Waals surface area contributed by atoms with Crippen LogP contribution < -0.4 is 0 Å². The minimum absolute atomic E-state index is 0.154. The van der Waals surface area contributed by atoms with E-state index in [-0.39, 0.29) is 5.78 Å². The molecule has 2 aromatic rings. The van der Waals surface area contributed by atoms with Gasteiger partial charge in [-0.3, -0.25) is 4.79 Å². The molecule has 118 valence electrons. The van der Waals surface area contributed by atoms with E-state index in [2.05, 4.69) is 9.55 Å². The Bertz CT molecular complexity index is 623. The van der Waals surface area contributed by atoms with Gasteiger partial charge in [0, 0.05) is 43.4 Å². The number of aryl methyl sites for hydroxylation is 1. The molecular weight excluding hydrogens is 296 g/mol. The number of pyridine rings is 1. The van der Waals surface area contributed by atoms with Crippen molar-refractivity contribution in [2.75, 3.05) is 19.5 Å². The Labute approximate surface area is 135 Å². The van der Waals surface area contributed by atoms with Crippen LogP contribution in [0.3, 0.4) is 0 Å². The largest absolute Gasteiger partial charge is 0.385 e. The number of ether oxygens (including phenoxy) is 1. The molecule has 0 saturated carbocycles. The first-order valence-electron chi connectivity index (χ1n) is 7.36. The summed E-state index contributed by atoms with van der Waals surface area (Å²) in [7, 11) is 1.71. The minimum Gasteiger partial charge on any atom is -0.385 e. The second kappa shape index (κ2) is 8.15. The molecule has 0 aliphatic carbocycles. The lowest BCUT2D eigenvalue weighted by atomic mass is 10.2. The van der Waals surface area contributed by atoms with Crippen LogP contribution in [0.4, 0.5) is 0 Å². The van der Waals surface area contributed by atoms with E-state index in [1.165, 1.54) is 11.8 Å². The Morgan fingerprint density at radius 2 is 2.18 bits per heavy atom. The summed E-state index contributed by atoms with van der Waals surface area (Å²) in [5, 5.41) is 0.879. The van der Waals surface area contributed by atoms with Gasteiger partial charge in [-0.25, -0.2) is 4.98 Å². The van der Waals surface area contributed by atoms with Gasteiger partial charge in [-0.2, -0.15) is 0 Å². The molecule has 22 heavy (non-hydrogen) atoms. The fourth-order valence-corrected chi connectivity index (χ4v) is 3.19. The van der Waals surface area contributed by atoms with Crippen LogP contribution in [0, 0.1) is 13.8 Å². The molecule has 0 aliphatic heterocycles. The number of hydrogen-bond donors (Lipinski definition) is 0. The van der Waals surface area contributed by atoms with Gasteiger partial charge in [-0.15, -0.1) is 0 Å². The molecule has 5 heteroatoms. The first kappa shape index (κ1) is 16.8. The molecule has 0 aromatic carbocycles. The van der Waals surface area contributed by atoms with Crippen molar-refractivity contribution >= 4 is 17.5 Å². The number of rotatable bonds is 8. The highest BCUT2D eigenvalue weighted by Crippen LogP contribution is 2.20. The van der Waals surface area contributed by atoms with Crippen molar-refractivity contribution in [3.8, 4) is 0 Å². The van der Waals surface area contributed by atoms with Crippen molar-refractivity contribution < 1.29 is 9.53 Å². The maximum atomic E-state index is 12.4. The lowest BCUT2D eigenvalue weighted by Crippen LogP contribution is -2.08. The summed E-state index contributed by atoms with van der Waals surface area (Å²) in [6.45, 7) is 5.67. The highest BCUT2D eigenvalue weighted by molar-refractivity contribution is 7.99. The molecule has 0 radical (unpaired) electrons. The van der Waals surface area contributed by atoms with E-state index < -0.39 is 0 Å². The first-order chi connectivity index (χ1) is 10.6. The normalized spacial score (nSPS) is 10.9. The Hall–Kier alpha value is -1.59. The molecule has 0 bridgehead atoms. The molecule has 0 fully saturated rings. The van der Waals surface area contributed by atoms with Gasteiger partial charge in [0.25, 0.3) is 0 Å². The zero-order valence-corrected chi connectivity index (χ0v) is 14.2. The number of ketones is 1. The van der Waals surface area contributed by atoms with E-state index in [1.807, 2.05) is 38.1 Å². The van der Waals surface area contributed by atoms with E-state index in [0.717, 1.165) is 41.5 Å². The predicted molar refractivity (Wildman–Crippen MR) is 89.7 cm³/mol. The second-order valence-electron chi connectivity index (χ2n) is 5.16. The zero-order valence-electron chi connectivity index (χ0n) is 13.3. The molecule has 2 rings (SSSR count). The van der Waals surface area contributed by atoms with Gasteiger partial charge in [-0.1, -0.05) is 17.8 Å². The zero-order chi connectivity index (χ0) is 15.9. The summed E-state index contributed by atoms with van der Waals surface area (Å²) in [5.74, 6) is 0.570. The first-order valence-corrected chi connectivity index (χ1v) is 8.34. The van der Waals surface area contributed by atoms with Crippen molar-refractivity contribution in [3.05, 3.63) is 47.4 Å². The molecule has 0 amide bonds. The number of thioether (sulfide) groups is 1. The van der Waals surface area contributed by atoms with E-state index in [1.54, 1.807) is 13.3 Å². The van der Waals surface area contributed by atoms with Gasteiger partial charge in [0.05, 0.1) is 10.8 Å². The number of carbonyl (C=O) groups is 1. The molecule has 4 nitrogen and oxygen atoms in total. The van der Waals surface area contributed by atoms with Gasteiger partial charge in [-0.05, 0) is 38.5 Å². The van der Waals surface area contributed by atoms with Crippen LogP contribution >= 0.6 is 11.8 Å². The molecule has 2 heterocycles. The molecule has 0 spiro atoms. The van der Waals surface area contributed by atoms with Crippen molar-refractivity contribution in [2.45, 2.75) is 31.8 Å². The van der Waals surface area contributed by atoms with Crippen LogP contribution in [0.15, 0.2) is 35.5 Å². The van der Waals surface area contributed by atoms with Gasteiger partial charge >= 0.3 is 0 Å². The fraction of sp³-hybridized carbons (Fsp3) is 0.412. The number of nitrogens with zero attached hydrogens (tertiary/aromatic N) is 2. The molecular formula is C17H22N2O2S. The third kappa shape index (κ3) is 4.21. The van der Waals surface area contributed by atoms with Crippen molar-refractivity contribution in [1.82, 2.24) is 9.55 Å². The lowest BCUT2D eigenvalue weighted by molar-refractivity contribution is 0.102. The number of carbonyl (C=O) groups excluding carboxylic acids is 1. The fourth-order valence-electron chi connectivity index (χ4n) is 2.44. The van der Waals surface area contributed by atoms with Crippen LogP contribution in [0.2, 0.25) is 0 Å². The summed E-state index contributed by atoms with van der Waals surface area (Å²) in [4.78, 5) is 16.7. The van der Waals surface area contributed by atoms with E-state index in [4.69, 9.17) is 4.74 Å². The molecule has 0 saturated heterocycles. The van der Waals surface area contributed by atoms with Gasteiger partial charge in [0.1, 0.15) is 0 Å². The number of aromatic nitrogens is 2. The number of hydrogen-bond acceptors (Lipinski definition) is 4. The molecule has 2 aromatic heterocycles. The molecule has 0 atom stereocenters. The average molecular weight is 318 g/mol. The number of methoxy groups -OCH3 is 1. The van der Waals surface area contributed by atoms with E-state index in [9.17, 15) is 4.79 Å². The maximum Gasteiger partial charge on any atom is 0.174 e. The van der Waals surface area contributed by atoms with Gasteiger partial charge < -0.3 is 9.30 Å². The lowest BCUT2D eigenvalue weighted by Gasteiger charge is -2.09. The summed E-state index contributed by atoms with van der Waals surface area (Å²) < 4.78 is 7.29. The highest BCUT2D eigenvalue weighted by Gasteiger charge is 2.15. The minimum atomic E-state index is 0.154. The third-order valence-corrected chi connectivity index (χ3v) is 4.54. The molecule has 0 aliphatic rings. The third-order valence-electron chi connectivity index (χ3n) is 3.59. The summed E-state index contributed by atoms with van der Waals surface area (Å²) in [6.07, 6.45) is 2.69. The topological polar surface area (TPSA) is 44.1 Å². The van der Waals surface area contributed by atoms with E-state index >= 15 is 0 Å². The molecule has 0 unspecified atom stereocenters. The van der Waals surface area contributed by atoms with Crippen LogP contribution in [0.5, 0.6) is 0 Å². The van der Waals surface area contributed by atoms with Crippen molar-refractivity contribution in [1.29, 1.82) is 0 Å². The Morgan fingerprint density at radius 3 is 2.86 bits per heavy atom. The van der Waals surface area contributed by atoms with Crippen LogP contribution in [0.25, 0.3) is 0 Å². The number of Topliss-reactive ketones (excluding diaryl/α,β-unsaturated/α-hetero) is 1. The Morgan fingerprint density at radius 1 is 1.36 bits per heavy atom. The summed E-state index contributed by atoms with van der Waals surface area (Å²) >= 11 is 1.48. The quantitative estimate of drug-likeness (QED) is 0.424. The van der Waals surface area contributed by atoms with Gasteiger partial charge in [0.2, 0.25) is 0 Å². The van der Waals surface area contributed by atoms with Crippen LogP contribution in [-0.2, 0) is 11.3 Å². The smallest absolute Gasteiger partial charge is 0.174 e. The van der Waals surface area contributed by atoms with Crippen LogP contribution in [0.1, 0.15) is 28.2 Å². The maximum absolute atomic E-state index is 12.4. The second-order valence-corrected chi connectivity index (χ2v) is 6.16. The van der Waals surface area contributed by atoms with Crippen molar-refractivity contribution in [3.63, 3.8) is 0 Å². The highest BCUT2D eigenvalue weighted by atomic mass is 32.2. The Kier molecular flexibility index (Phi) is 6.21. The van der Waals surface area contributed by atoms with E-state index in [0.29, 0.717) is 5.75 Å². The van der Waals surface area contributed by atoms with Gasteiger partial charge in [0.15, 0.2) is 5.78 Å². The summed E-state index contributed by atoms with van der Waals surface area (Å²) in [5.41, 5.74) is 2.98.